The van der Waals surface area contributed by atoms with Gasteiger partial charge in [0.25, 0.3) is 10.2 Å². The molecule has 0 bridgehead atoms. The Balaban J connectivity index is 1.32. The number of alkyl carbamates (subject to hydrolysis) is 1. The summed E-state index contributed by atoms with van der Waals surface area (Å²) in [5.41, 5.74) is -0.514. The molecule has 20 heteroatoms. The third-order valence-corrected chi connectivity index (χ3v) is 14.5. The van der Waals surface area contributed by atoms with Crippen molar-refractivity contribution >= 4 is 61.5 Å². The Morgan fingerprint density at radius 1 is 1.09 bits per heavy atom. The van der Waals surface area contributed by atoms with Crippen LogP contribution in [0, 0.1) is 11.3 Å². The summed E-state index contributed by atoms with van der Waals surface area (Å²) in [7, 11) is 1.94. The van der Waals surface area contributed by atoms with E-state index < -0.39 is 75.2 Å². The third-order valence-electron chi connectivity index (χ3n) is 11.9. The number of amides is 3. The van der Waals surface area contributed by atoms with Crippen molar-refractivity contribution in [3.8, 4) is 22.9 Å². The van der Waals surface area contributed by atoms with Crippen LogP contribution >= 0.6 is 11.3 Å². The summed E-state index contributed by atoms with van der Waals surface area (Å²) in [5, 5.41) is 22.5. The molecule has 1 aromatic carbocycles. The number of hydrogen-bond donors (Lipinski definition) is 4. The molecule has 0 radical (unpaired) electrons. The normalized spacial score (nSPS) is 24.3. The monoisotopic (exact) mass is 926 g/mol. The van der Waals surface area contributed by atoms with E-state index in [1.807, 2.05) is 58.2 Å². The summed E-state index contributed by atoms with van der Waals surface area (Å²) in [6.07, 6.45) is 4.31. The maximum Gasteiger partial charge on any atom is 0.408 e. The number of aliphatic carboxylic acids is 1. The second kappa shape index (κ2) is 19.6. The van der Waals surface area contributed by atoms with Gasteiger partial charge in [-0.2, -0.15) is 17.0 Å². The lowest BCUT2D eigenvalue weighted by atomic mass is 9.89. The van der Waals surface area contributed by atoms with Crippen molar-refractivity contribution in [1.82, 2.24) is 34.1 Å². The molecule has 1 saturated heterocycles. The topological polar surface area (TPSA) is 222 Å². The van der Waals surface area contributed by atoms with Crippen LogP contribution in [0.15, 0.2) is 41.8 Å². The lowest BCUT2D eigenvalue weighted by Gasteiger charge is -2.34. The molecule has 4 N–H and O–H groups in total. The molecule has 3 aliphatic rings. The van der Waals surface area contributed by atoms with Crippen LogP contribution in [0.1, 0.15) is 79.6 Å². The number of rotatable bonds is 13. The summed E-state index contributed by atoms with van der Waals surface area (Å²) in [4.78, 5) is 66.8. The number of pyridine rings is 1. The third kappa shape index (κ3) is 11.1. The van der Waals surface area contributed by atoms with Gasteiger partial charge in [-0.3, -0.25) is 9.59 Å². The summed E-state index contributed by atoms with van der Waals surface area (Å²) >= 11 is 1.44. The Labute approximate surface area is 379 Å². The Morgan fingerprint density at radius 2 is 1.84 bits per heavy atom. The number of carbonyl (C=O) groups is 4. The molecule has 6 atom stereocenters. The number of fused-ring (bicyclic) bond motifs is 3. The zero-order chi connectivity index (χ0) is 46.7. The maximum absolute atomic E-state index is 14.9. The number of thiazole rings is 1. The number of ether oxygens (including phenoxy) is 3. The average Bonchev–Trinajstić information content (AvgIpc) is 3.48. The van der Waals surface area contributed by atoms with Gasteiger partial charge in [-0.1, -0.05) is 45.8 Å². The predicted octanol–water partition coefficient (Wildman–Crippen LogP) is 5.26. The number of nitrogens with zero attached hydrogens (tertiary/aromatic N) is 5. The minimum absolute atomic E-state index is 0.0121. The lowest BCUT2D eigenvalue weighted by molar-refractivity contribution is -0.145. The summed E-state index contributed by atoms with van der Waals surface area (Å²) in [6, 6.07) is 5.02. The number of likely N-dealkylation sites (N-methyl/N-ethyl adjacent to an activating group) is 1. The molecular weight excluding hydrogens is 865 g/mol. The number of aromatic nitrogens is 2. The molecule has 64 heavy (non-hydrogen) atoms. The molecule has 1 saturated carbocycles. The first-order valence-electron chi connectivity index (χ1n) is 21.6. The van der Waals surface area contributed by atoms with Crippen molar-refractivity contribution in [2.75, 3.05) is 46.7 Å². The smallest absolute Gasteiger partial charge is 0.408 e. The van der Waals surface area contributed by atoms with Crippen LogP contribution in [0.2, 0.25) is 0 Å². The number of carboxylic acids is 1. The molecule has 2 fully saturated rings. The van der Waals surface area contributed by atoms with Crippen LogP contribution < -0.4 is 25.4 Å². The number of nitrogens with one attached hydrogen (secondary N) is 3. The van der Waals surface area contributed by atoms with Crippen LogP contribution in [-0.2, 0) is 29.3 Å². The standard InChI is InChI=1S/C44H62N8O10S2/c1-26(2)45-41-47-34(25-63-41)33-21-36(30-18-17-28(60-9)19-32(30)46-33)61-29-20-35-38(53)49-44(40(55)56)22-27(44)15-13-11-10-12-14-16-31(39(54)52(35)23-29)48-42(57)62-37(43(3,4)5)24-51(8)64(58,59)50(6)7/h13,15,17-19,21,25-27,29,31,35,37H,10-12,14,16,20,22-24H2,1-9H3,(H,45,47)(H,48,57)(H,49,53)(H,55,56)/b15-13-/t27?,29-,31+,35?,37?,44-/m1/s1. The molecule has 6 rings (SSSR count). The zero-order valence-electron chi connectivity index (χ0n) is 38.0. The molecule has 3 unspecified atom stereocenters. The molecule has 0 spiro atoms. The molecule has 3 amide bonds. The van der Waals surface area contributed by atoms with E-state index in [2.05, 4.69) is 16.0 Å². The number of carboxylic acid groups (broad SMARTS) is 1. The SMILES string of the molecule is COc1ccc2c(O[C@@H]3CC4C(=O)N[C@]5(C(=O)O)CC5/C=C\CCCCC[C@H](NC(=O)OC(CN(C)S(=O)(=O)N(C)C)C(C)(C)C)C(=O)N4C3)cc(-c3csc(NC(C)C)n3)nc2c1. The number of carbonyl (C=O) groups excluding carboxylic acids is 3. The van der Waals surface area contributed by atoms with Gasteiger partial charge < -0.3 is 40.2 Å². The first-order chi connectivity index (χ1) is 30.1. The summed E-state index contributed by atoms with van der Waals surface area (Å²) in [5.74, 6) is -1.78. The highest BCUT2D eigenvalue weighted by molar-refractivity contribution is 7.86. The molecule has 350 valence electrons. The fourth-order valence-corrected chi connectivity index (χ4v) is 9.70. The molecule has 18 nitrogen and oxygen atoms in total. The Morgan fingerprint density at radius 3 is 2.52 bits per heavy atom. The largest absolute Gasteiger partial charge is 0.497 e. The highest BCUT2D eigenvalue weighted by Gasteiger charge is 2.61. The predicted molar refractivity (Wildman–Crippen MR) is 243 cm³/mol. The van der Waals surface area contributed by atoms with Crippen LogP contribution in [0.4, 0.5) is 9.93 Å². The second-order valence-corrected chi connectivity index (χ2v) is 21.5. The fraction of sp³-hybridized carbons (Fsp3) is 0.591. The highest BCUT2D eigenvalue weighted by Crippen LogP contribution is 2.45. The van der Waals surface area contributed by atoms with Crippen molar-refractivity contribution in [3.63, 3.8) is 0 Å². The minimum atomic E-state index is -3.84. The van der Waals surface area contributed by atoms with Crippen LogP contribution in [0.3, 0.4) is 0 Å². The molecular formula is C44H62N8O10S2. The number of anilines is 1. The Bertz CT molecular complexity index is 2350. The highest BCUT2D eigenvalue weighted by atomic mass is 32.2. The summed E-state index contributed by atoms with van der Waals surface area (Å²) in [6.45, 7) is 9.26. The van der Waals surface area contributed by atoms with Gasteiger partial charge >= 0.3 is 12.1 Å². The van der Waals surface area contributed by atoms with Gasteiger partial charge in [-0.15, -0.1) is 11.3 Å². The number of benzene rings is 1. The zero-order valence-corrected chi connectivity index (χ0v) is 39.7. The quantitative estimate of drug-likeness (QED) is 0.161. The van der Waals surface area contributed by atoms with Crippen molar-refractivity contribution < 1.29 is 46.9 Å². The van der Waals surface area contributed by atoms with Gasteiger partial charge in [0.15, 0.2) is 5.13 Å². The average molecular weight is 927 g/mol. The first kappa shape index (κ1) is 48.4. The second-order valence-electron chi connectivity index (χ2n) is 18.4. The van der Waals surface area contributed by atoms with E-state index in [-0.39, 0.29) is 38.4 Å². The molecule has 1 aliphatic carbocycles. The number of hydrogen-bond acceptors (Lipinski definition) is 13. The molecule has 2 aliphatic heterocycles. The van der Waals surface area contributed by atoms with E-state index in [0.717, 1.165) is 20.2 Å². The van der Waals surface area contributed by atoms with Crippen LogP contribution in [-0.4, -0.2) is 138 Å². The lowest BCUT2D eigenvalue weighted by Crippen LogP contribution is -2.56. The van der Waals surface area contributed by atoms with Crippen molar-refractivity contribution in [3.05, 3.63) is 41.8 Å². The van der Waals surface area contributed by atoms with Gasteiger partial charge in [0.1, 0.15) is 47.0 Å². The first-order valence-corrected chi connectivity index (χ1v) is 23.9. The van der Waals surface area contributed by atoms with Gasteiger partial charge in [-0.25, -0.2) is 19.6 Å². The van der Waals surface area contributed by atoms with Crippen molar-refractivity contribution in [2.24, 2.45) is 11.3 Å². The van der Waals surface area contributed by atoms with E-state index in [9.17, 15) is 32.7 Å². The van der Waals surface area contributed by atoms with E-state index in [1.54, 1.807) is 25.3 Å². The molecule has 4 heterocycles. The number of allylic oxidation sites excluding steroid dienone is 1. The van der Waals surface area contributed by atoms with Gasteiger partial charge in [0.05, 0.1) is 31.4 Å². The minimum Gasteiger partial charge on any atom is -0.497 e. The van der Waals surface area contributed by atoms with Crippen LogP contribution in [0.5, 0.6) is 11.5 Å². The van der Waals surface area contributed by atoms with Crippen molar-refractivity contribution in [2.45, 2.75) is 115 Å². The van der Waals surface area contributed by atoms with Gasteiger partial charge in [0, 0.05) is 67.8 Å². The Kier molecular flexibility index (Phi) is 14.8. The van der Waals surface area contributed by atoms with Crippen LogP contribution in [0.25, 0.3) is 22.3 Å². The van der Waals surface area contributed by atoms with Gasteiger partial charge in [-0.05, 0) is 51.7 Å². The molecule has 2 aromatic heterocycles. The van der Waals surface area contributed by atoms with E-state index in [4.69, 9.17) is 24.2 Å². The Hall–Kier alpha value is -5.05. The van der Waals surface area contributed by atoms with E-state index in [1.165, 1.54) is 37.4 Å². The number of methoxy groups -OCH3 is 1. The fourth-order valence-electron chi connectivity index (χ4n) is 7.96. The molecule has 3 aromatic rings. The summed E-state index contributed by atoms with van der Waals surface area (Å²) < 4.78 is 46.1. The van der Waals surface area contributed by atoms with E-state index >= 15 is 0 Å². The maximum atomic E-state index is 14.9. The van der Waals surface area contributed by atoms with Gasteiger partial charge in [0.2, 0.25) is 11.8 Å². The van der Waals surface area contributed by atoms with E-state index in [0.29, 0.717) is 53.1 Å². The van der Waals surface area contributed by atoms with Crippen molar-refractivity contribution in [1.29, 1.82) is 0 Å².